The van der Waals surface area contributed by atoms with E-state index in [2.05, 4.69) is 27.9 Å². The fourth-order valence-corrected chi connectivity index (χ4v) is 2.84. The summed E-state index contributed by atoms with van der Waals surface area (Å²) in [6, 6.07) is 10.1. The maximum Gasteiger partial charge on any atom is 0.315 e. The Hall–Kier alpha value is -2.34. The number of aromatic nitrogens is 2. The molecule has 0 radical (unpaired) electrons. The van der Waals surface area contributed by atoms with Crippen LogP contribution in [0, 0.1) is 5.92 Å². The predicted molar refractivity (Wildman–Crippen MR) is 91.4 cm³/mol. The van der Waals surface area contributed by atoms with Crippen molar-refractivity contribution >= 4 is 6.03 Å². The minimum atomic E-state index is -0.752. The van der Waals surface area contributed by atoms with Crippen LogP contribution in [0.5, 0.6) is 0 Å². The van der Waals surface area contributed by atoms with Crippen LogP contribution in [0.2, 0.25) is 0 Å². The van der Waals surface area contributed by atoms with E-state index < -0.39 is 6.10 Å². The van der Waals surface area contributed by atoms with Gasteiger partial charge in [-0.25, -0.2) is 4.79 Å². The van der Waals surface area contributed by atoms with Crippen LogP contribution in [0.3, 0.4) is 0 Å². The van der Waals surface area contributed by atoms with Crippen molar-refractivity contribution in [2.45, 2.75) is 31.4 Å². The number of carbonyl (C=O) groups excluding carboxylic acids is 1. The Balaban J connectivity index is 1.49. The standard InChI is InChI=1S/C18H24N4O2/c1-22-12-15(10-20-22)17(23)11-19-18(24)21-16(14-7-8-14)9-13-5-3-2-4-6-13/h2-6,10,12,14,16-17,23H,7-9,11H2,1H3,(H2,19,21,24)/t16-,17+/m0/s1. The first kappa shape index (κ1) is 16.5. The lowest BCUT2D eigenvalue weighted by atomic mass is 10.0. The lowest BCUT2D eigenvalue weighted by molar-refractivity contribution is 0.172. The molecule has 1 aliphatic rings. The smallest absolute Gasteiger partial charge is 0.315 e. The third-order valence-corrected chi connectivity index (χ3v) is 4.37. The highest BCUT2D eigenvalue weighted by atomic mass is 16.3. The first-order valence-electron chi connectivity index (χ1n) is 8.36. The molecule has 3 N–H and O–H groups in total. The van der Waals surface area contributed by atoms with Crippen molar-refractivity contribution in [1.29, 1.82) is 0 Å². The molecule has 1 saturated carbocycles. The van der Waals surface area contributed by atoms with E-state index >= 15 is 0 Å². The highest BCUT2D eigenvalue weighted by Crippen LogP contribution is 2.34. The Morgan fingerprint density at radius 2 is 2.12 bits per heavy atom. The largest absolute Gasteiger partial charge is 0.386 e. The van der Waals surface area contributed by atoms with Crippen molar-refractivity contribution in [3.05, 3.63) is 53.9 Å². The van der Waals surface area contributed by atoms with E-state index in [1.54, 1.807) is 24.1 Å². The van der Waals surface area contributed by atoms with Gasteiger partial charge in [0.2, 0.25) is 0 Å². The summed E-state index contributed by atoms with van der Waals surface area (Å²) in [6.07, 6.45) is 5.76. The zero-order valence-electron chi connectivity index (χ0n) is 13.9. The molecule has 0 spiro atoms. The van der Waals surface area contributed by atoms with Gasteiger partial charge in [-0.3, -0.25) is 4.68 Å². The molecule has 6 nitrogen and oxygen atoms in total. The van der Waals surface area contributed by atoms with Crippen LogP contribution in [0.15, 0.2) is 42.7 Å². The lowest BCUT2D eigenvalue weighted by Gasteiger charge is -2.19. The quantitative estimate of drug-likeness (QED) is 0.725. The average Bonchev–Trinajstić information content (AvgIpc) is 3.34. The van der Waals surface area contributed by atoms with Crippen molar-refractivity contribution in [1.82, 2.24) is 20.4 Å². The number of amides is 2. The predicted octanol–water partition coefficient (Wildman–Crippen LogP) is 1.77. The number of hydrogen-bond acceptors (Lipinski definition) is 3. The molecule has 1 aromatic carbocycles. The minimum Gasteiger partial charge on any atom is -0.386 e. The molecule has 0 saturated heterocycles. The minimum absolute atomic E-state index is 0.142. The molecule has 0 aliphatic heterocycles. The van der Waals surface area contributed by atoms with Gasteiger partial charge >= 0.3 is 6.03 Å². The number of rotatable bonds is 7. The Bertz CT molecular complexity index is 667. The summed E-state index contributed by atoms with van der Waals surface area (Å²) in [4.78, 5) is 12.2. The first-order chi connectivity index (χ1) is 11.6. The summed E-state index contributed by atoms with van der Waals surface area (Å²) in [6.45, 7) is 0.167. The molecule has 1 fully saturated rings. The number of urea groups is 1. The molecule has 1 aromatic heterocycles. The van der Waals surface area contributed by atoms with Crippen LogP contribution >= 0.6 is 0 Å². The summed E-state index contributed by atoms with van der Waals surface area (Å²) >= 11 is 0. The summed E-state index contributed by atoms with van der Waals surface area (Å²) in [7, 11) is 1.79. The van der Waals surface area contributed by atoms with Gasteiger partial charge < -0.3 is 15.7 Å². The van der Waals surface area contributed by atoms with E-state index in [9.17, 15) is 9.90 Å². The number of aliphatic hydroxyl groups excluding tert-OH is 1. The fourth-order valence-electron chi connectivity index (χ4n) is 2.84. The third-order valence-electron chi connectivity index (χ3n) is 4.37. The Kier molecular flexibility index (Phi) is 5.15. The van der Waals surface area contributed by atoms with Gasteiger partial charge in [0.15, 0.2) is 0 Å². The number of benzene rings is 1. The van der Waals surface area contributed by atoms with E-state index in [1.807, 2.05) is 18.2 Å². The van der Waals surface area contributed by atoms with Gasteiger partial charge in [-0.2, -0.15) is 5.10 Å². The van der Waals surface area contributed by atoms with Gasteiger partial charge in [-0.05, 0) is 30.7 Å². The van der Waals surface area contributed by atoms with Crippen LogP contribution < -0.4 is 10.6 Å². The number of nitrogens with zero attached hydrogens (tertiary/aromatic N) is 2. The van der Waals surface area contributed by atoms with Crippen molar-refractivity contribution in [3.8, 4) is 0 Å². The van der Waals surface area contributed by atoms with E-state index in [1.165, 1.54) is 5.56 Å². The normalized spacial score (nSPS) is 16.4. The van der Waals surface area contributed by atoms with E-state index in [4.69, 9.17) is 0 Å². The van der Waals surface area contributed by atoms with E-state index in [-0.39, 0.29) is 18.6 Å². The van der Waals surface area contributed by atoms with Crippen LogP contribution in [-0.4, -0.2) is 33.5 Å². The number of aryl methyl sites for hydroxylation is 1. The van der Waals surface area contributed by atoms with Gasteiger partial charge in [0.25, 0.3) is 0 Å². The number of carbonyl (C=O) groups is 1. The van der Waals surface area contributed by atoms with E-state index in [0.717, 1.165) is 19.3 Å². The maximum absolute atomic E-state index is 12.2. The second kappa shape index (κ2) is 7.49. The Morgan fingerprint density at radius 3 is 2.75 bits per heavy atom. The summed E-state index contributed by atoms with van der Waals surface area (Å²) in [5.41, 5.74) is 1.92. The van der Waals surface area contributed by atoms with Crippen LogP contribution in [0.25, 0.3) is 0 Å². The molecule has 6 heteroatoms. The molecule has 2 amide bonds. The molecule has 1 aliphatic carbocycles. The van der Waals surface area contributed by atoms with Gasteiger partial charge in [0.1, 0.15) is 0 Å². The van der Waals surface area contributed by atoms with Crippen LogP contribution in [0.4, 0.5) is 4.79 Å². The average molecular weight is 328 g/mol. The molecule has 2 atom stereocenters. The van der Waals surface area contributed by atoms with Crippen molar-refractivity contribution in [3.63, 3.8) is 0 Å². The molecule has 24 heavy (non-hydrogen) atoms. The molecule has 0 bridgehead atoms. The molecular weight excluding hydrogens is 304 g/mol. The summed E-state index contributed by atoms with van der Waals surface area (Å²) < 4.78 is 1.63. The topological polar surface area (TPSA) is 79.2 Å². The maximum atomic E-state index is 12.2. The highest BCUT2D eigenvalue weighted by Gasteiger charge is 2.32. The van der Waals surface area contributed by atoms with Gasteiger partial charge in [-0.15, -0.1) is 0 Å². The van der Waals surface area contributed by atoms with Crippen molar-refractivity contribution in [2.24, 2.45) is 13.0 Å². The number of aliphatic hydroxyl groups is 1. The molecule has 2 aromatic rings. The third kappa shape index (κ3) is 4.58. The second-order valence-corrected chi connectivity index (χ2v) is 6.45. The van der Waals surface area contributed by atoms with Crippen molar-refractivity contribution in [2.75, 3.05) is 6.54 Å². The van der Waals surface area contributed by atoms with Crippen LogP contribution in [-0.2, 0) is 13.5 Å². The monoisotopic (exact) mass is 328 g/mol. The molecule has 3 rings (SSSR count). The van der Waals surface area contributed by atoms with Gasteiger partial charge in [-0.1, -0.05) is 30.3 Å². The second-order valence-electron chi connectivity index (χ2n) is 6.45. The number of nitrogens with one attached hydrogen (secondary N) is 2. The van der Waals surface area contributed by atoms with Crippen LogP contribution in [0.1, 0.15) is 30.1 Å². The number of hydrogen-bond donors (Lipinski definition) is 3. The molecular formula is C18H24N4O2. The SMILES string of the molecule is Cn1cc([C@H](O)CNC(=O)N[C@@H](Cc2ccccc2)C2CC2)cn1. The van der Waals surface area contributed by atoms with E-state index in [0.29, 0.717) is 11.5 Å². The molecule has 0 unspecified atom stereocenters. The zero-order valence-corrected chi connectivity index (χ0v) is 13.9. The first-order valence-corrected chi connectivity index (χ1v) is 8.36. The fraction of sp³-hybridized carbons (Fsp3) is 0.444. The van der Waals surface area contributed by atoms with Gasteiger partial charge in [0, 0.05) is 31.4 Å². The Labute approximate surface area is 141 Å². The molecule has 1 heterocycles. The summed E-state index contributed by atoms with van der Waals surface area (Å²) in [5.74, 6) is 0.555. The summed E-state index contributed by atoms with van der Waals surface area (Å²) in [5, 5.41) is 19.9. The zero-order chi connectivity index (χ0) is 16.9. The van der Waals surface area contributed by atoms with Crippen molar-refractivity contribution < 1.29 is 9.90 Å². The molecule has 128 valence electrons. The highest BCUT2D eigenvalue weighted by molar-refractivity contribution is 5.74. The Morgan fingerprint density at radius 1 is 1.38 bits per heavy atom. The van der Waals surface area contributed by atoms with Gasteiger partial charge in [0.05, 0.1) is 12.3 Å². The lowest BCUT2D eigenvalue weighted by Crippen LogP contribution is -2.45.